The molecule has 2 rings (SSSR count). The van der Waals surface area contributed by atoms with Crippen molar-refractivity contribution in [2.24, 2.45) is 0 Å². The smallest absolute Gasteiger partial charge is 0.351 e. The van der Waals surface area contributed by atoms with Gasteiger partial charge in [0.15, 0.2) is 14.5 Å². The molecule has 0 bridgehead atoms. The first-order chi connectivity index (χ1) is 19.6. The Bertz CT molecular complexity index is 1110. The zero-order chi connectivity index (χ0) is 31.7. The lowest BCUT2D eigenvalue weighted by molar-refractivity contribution is -0.320. The van der Waals surface area contributed by atoms with Crippen molar-refractivity contribution in [3.63, 3.8) is 0 Å². The van der Waals surface area contributed by atoms with Gasteiger partial charge in [-0.05, 0) is 24.2 Å². The Kier molecular flexibility index (Phi) is 14.0. The van der Waals surface area contributed by atoms with Crippen molar-refractivity contribution < 1.29 is 47.2 Å². The summed E-state index contributed by atoms with van der Waals surface area (Å²) in [6.07, 6.45) is -1.57. The Morgan fingerprint density at radius 1 is 1.05 bits per heavy atom. The van der Waals surface area contributed by atoms with Crippen molar-refractivity contribution in [1.82, 2.24) is 9.55 Å². The molecule has 42 heavy (non-hydrogen) atoms. The summed E-state index contributed by atoms with van der Waals surface area (Å²) in [6.45, 7) is 12.8. The first-order valence-electron chi connectivity index (χ1n) is 13.5. The lowest BCUT2D eigenvalue weighted by atomic mass is 10.1. The standard InChI is InChI=1S/C26H42IN3O11Si/c1-16(31)28-20-9-10-30(24(34)29-20)23-22(21(19(15-27)39-23)41-42(7,8)26(4,5)6)40-25(37-13-11-35-17(2)32)38-14-12-36-18(3)33/h9-10,19,21-23,25H,11-15H2,1-8H3,(H,28,29,31,34)/t19-,21+,22?,23-/m1/s1. The maximum atomic E-state index is 13.1. The van der Waals surface area contributed by atoms with Crippen LogP contribution in [-0.2, 0) is 47.2 Å². The van der Waals surface area contributed by atoms with Gasteiger partial charge in [-0.3, -0.25) is 19.0 Å². The second kappa shape index (κ2) is 16.2. The highest BCUT2D eigenvalue weighted by atomic mass is 127. The highest BCUT2D eigenvalue weighted by Crippen LogP contribution is 2.42. The minimum Gasteiger partial charge on any atom is -0.463 e. The van der Waals surface area contributed by atoms with E-state index in [4.69, 9.17) is 32.8 Å². The lowest BCUT2D eigenvalue weighted by Gasteiger charge is -2.40. The van der Waals surface area contributed by atoms with Crippen molar-refractivity contribution in [1.29, 1.82) is 0 Å². The van der Waals surface area contributed by atoms with E-state index in [2.05, 4.69) is 66.8 Å². The van der Waals surface area contributed by atoms with Gasteiger partial charge in [0.2, 0.25) is 5.91 Å². The van der Waals surface area contributed by atoms with Crippen LogP contribution in [0.5, 0.6) is 0 Å². The number of anilines is 1. The van der Waals surface area contributed by atoms with Crippen LogP contribution in [0.3, 0.4) is 0 Å². The minimum absolute atomic E-state index is 0.0542. The van der Waals surface area contributed by atoms with Crippen LogP contribution in [0, 0.1) is 0 Å². The largest absolute Gasteiger partial charge is 0.463 e. The summed E-state index contributed by atoms with van der Waals surface area (Å²) in [6, 6.07) is 1.48. The fraction of sp³-hybridized carbons (Fsp3) is 0.731. The van der Waals surface area contributed by atoms with Crippen molar-refractivity contribution in [3.05, 3.63) is 22.7 Å². The van der Waals surface area contributed by atoms with Gasteiger partial charge in [-0.25, -0.2) is 4.79 Å². The number of aromatic nitrogens is 2. The van der Waals surface area contributed by atoms with Gasteiger partial charge in [0, 0.05) is 31.4 Å². The van der Waals surface area contributed by atoms with Gasteiger partial charge < -0.3 is 38.2 Å². The molecule has 1 unspecified atom stereocenters. The van der Waals surface area contributed by atoms with E-state index in [1.54, 1.807) is 0 Å². The summed E-state index contributed by atoms with van der Waals surface area (Å²) in [5.74, 6) is -1.22. The van der Waals surface area contributed by atoms with Crippen molar-refractivity contribution in [2.75, 3.05) is 36.2 Å². The quantitative estimate of drug-likeness (QED) is 0.0704. The van der Waals surface area contributed by atoms with E-state index in [0.29, 0.717) is 4.43 Å². The molecule has 0 spiro atoms. The Morgan fingerprint density at radius 2 is 1.62 bits per heavy atom. The third kappa shape index (κ3) is 10.9. The Labute approximate surface area is 260 Å². The number of carbonyl (C=O) groups excluding carboxylic acids is 3. The molecule has 1 saturated heterocycles. The van der Waals surface area contributed by atoms with Gasteiger partial charge >= 0.3 is 17.6 Å². The Morgan fingerprint density at radius 3 is 2.07 bits per heavy atom. The van der Waals surface area contributed by atoms with E-state index in [-0.39, 0.29) is 43.2 Å². The second-order valence-electron chi connectivity index (χ2n) is 11.1. The number of nitrogens with one attached hydrogen (secondary N) is 1. The predicted octanol–water partition coefficient (Wildman–Crippen LogP) is 2.75. The van der Waals surface area contributed by atoms with Crippen LogP contribution in [0.1, 0.15) is 47.8 Å². The summed E-state index contributed by atoms with van der Waals surface area (Å²) >= 11 is 2.19. The molecule has 4 atom stereocenters. The van der Waals surface area contributed by atoms with Gasteiger partial charge in [0.05, 0.1) is 19.3 Å². The summed E-state index contributed by atoms with van der Waals surface area (Å²) in [5.41, 5.74) is -0.678. The van der Waals surface area contributed by atoms with E-state index in [9.17, 15) is 19.2 Å². The minimum atomic E-state index is -2.39. The molecular formula is C26H42IN3O11Si. The number of alkyl halides is 1. The molecule has 1 N–H and O–H groups in total. The number of carbonyl (C=O) groups is 3. The van der Waals surface area contributed by atoms with Gasteiger partial charge in [0.1, 0.15) is 31.2 Å². The third-order valence-corrected chi connectivity index (χ3v) is 12.0. The van der Waals surface area contributed by atoms with Crippen LogP contribution in [0.4, 0.5) is 5.82 Å². The van der Waals surface area contributed by atoms with Crippen LogP contribution >= 0.6 is 22.6 Å². The van der Waals surface area contributed by atoms with Crippen LogP contribution in [0.25, 0.3) is 0 Å². The van der Waals surface area contributed by atoms with Crippen molar-refractivity contribution in [2.45, 2.75) is 90.7 Å². The summed E-state index contributed by atoms with van der Waals surface area (Å²) in [7, 11) is -2.39. The molecule has 2 heterocycles. The molecule has 0 saturated carbocycles. The number of ether oxygens (including phenoxy) is 6. The van der Waals surface area contributed by atoms with Crippen molar-refractivity contribution >= 4 is 54.6 Å². The molecule has 16 heteroatoms. The first-order valence-corrected chi connectivity index (χ1v) is 17.9. The molecule has 1 aromatic heterocycles. The fourth-order valence-corrected chi connectivity index (χ4v) is 5.66. The number of amides is 1. The SMILES string of the molecule is CC(=O)Nc1ccn([C@@H]2O[C@H](CI)[C@H](O[Si](C)(C)C(C)(C)C)C2OC(OCCOC(C)=O)OCCOC(C)=O)c(=O)n1. The lowest BCUT2D eigenvalue weighted by Crippen LogP contribution is -2.51. The second-order valence-corrected chi connectivity index (χ2v) is 16.7. The van der Waals surface area contributed by atoms with Gasteiger partial charge in [-0.1, -0.05) is 43.4 Å². The van der Waals surface area contributed by atoms with Crippen molar-refractivity contribution in [3.8, 4) is 0 Å². The molecule has 0 aromatic carbocycles. The zero-order valence-electron chi connectivity index (χ0n) is 25.3. The molecule has 1 aromatic rings. The number of nitrogens with zero attached hydrogens (tertiary/aromatic N) is 2. The summed E-state index contributed by atoms with van der Waals surface area (Å²) in [4.78, 5) is 50.9. The average Bonchev–Trinajstić information content (AvgIpc) is 3.18. The average molecular weight is 728 g/mol. The summed E-state index contributed by atoms with van der Waals surface area (Å²) < 4.78 is 42.6. The van der Waals surface area contributed by atoms with E-state index in [0.717, 1.165) is 0 Å². The Hall–Kier alpha value is -1.96. The number of esters is 2. The van der Waals surface area contributed by atoms with Crippen LogP contribution in [0.15, 0.2) is 17.1 Å². The van der Waals surface area contributed by atoms with Gasteiger partial charge in [0.25, 0.3) is 6.48 Å². The number of rotatable bonds is 15. The molecule has 0 radical (unpaired) electrons. The molecule has 238 valence electrons. The first kappa shape index (κ1) is 36.2. The topological polar surface area (TPSA) is 163 Å². The Balaban J connectivity index is 2.45. The van der Waals surface area contributed by atoms with E-state index < -0.39 is 57.0 Å². The number of halogens is 1. The normalized spacial score (nSPS) is 20.9. The zero-order valence-corrected chi connectivity index (χ0v) is 28.5. The van der Waals surface area contributed by atoms with Crippen LogP contribution in [-0.4, -0.2) is 91.4 Å². The number of hydrogen-bond acceptors (Lipinski definition) is 12. The maximum Gasteiger partial charge on any atom is 0.351 e. The molecule has 1 aliphatic heterocycles. The highest BCUT2D eigenvalue weighted by molar-refractivity contribution is 14.1. The van der Waals surface area contributed by atoms with Crippen LogP contribution < -0.4 is 11.0 Å². The molecule has 14 nitrogen and oxygen atoms in total. The third-order valence-electron chi connectivity index (χ3n) is 6.64. The maximum absolute atomic E-state index is 13.1. The fourth-order valence-electron chi connectivity index (χ4n) is 3.63. The molecule has 1 amide bonds. The van der Waals surface area contributed by atoms with E-state index >= 15 is 0 Å². The summed E-state index contributed by atoms with van der Waals surface area (Å²) in [5, 5.41) is 2.34. The predicted molar refractivity (Wildman–Crippen MR) is 161 cm³/mol. The molecule has 1 aliphatic rings. The highest BCUT2D eigenvalue weighted by Gasteiger charge is 2.52. The monoisotopic (exact) mass is 727 g/mol. The molecule has 0 aliphatic carbocycles. The van der Waals surface area contributed by atoms with E-state index in [1.807, 2.05) is 0 Å². The molecule has 1 fully saturated rings. The van der Waals surface area contributed by atoms with Gasteiger partial charge in [-0.2, -0.15) is 4.98 Å². The van der Waals surface area contributed by atoms with E-state index in [1.165, 1.54) is 37.6 Å². The van der Waals surface area contributed by atoms with Crippen LogP contribution in [0.2, 0.25) is 18.1 Å². The number of hydrogen-bond donors (Lipinski definition) is 1. The van der Waals surface area contributed by atoms with Gasteiger partial charge in [-0.15, -0.1) is 0 Å². The molecular weight excluding hydrogens is 685 g/mol.